The molecule has 1 atom stereocenters. The van der Waals surface area contributed by atoms with Crippen molar-refractivity contribution in [1.82, 2.24) is 15.1 Å². The topological polar surface area (TPSA) is 52.7 Å². The Morgan fingerprint density at radius 2 is 1.62 bits per heavy atom. The van der Waals surface area contributed by atoms with Crippen molar-refractivity contribution in [1.29, 1.82) is 0 Å². The minimum Gasteiger partial charge on any atom is -0.351 e. The number of nitrogens with one attached hydrogen (secondary N) is 1. The van der Waals surface area contributed by atoms with Gasteiger partial charge in [-0.3, -0.25) is 14.5 Å². The third kappa shape index (κ3) is 5.57. The number of hydrogen-bond acceptors (Lipinski definition) is 3. The number of piperidine rings is 1. The Kier molecular flexibility index (Phi) is 7.26. The van der Waals surface area contributed by atoms with Crippen LogP contribution < -0.4 is 5.32 Å². The van der Waals surface area contributed by atoms with Crippen molar-refractivity contribution in [2.75, 3.05) is 13.1 Å². The van der Waals surface area contributed by atoms with Crippen LogP contribution in [0.4, 0.5) is 0 Å². The fourth-order valence-electron chi connectivity index (χ4n) is 4.86. The maximum atomic E-state index is 13.3. The molecule has 0 aromatic heterocycles. The number of fused-ring (bicyclic) bond motifs is 1. The summed E-state index contributed by atoms with van der Waals surface area (Å²) in [6, 6.07) is 18.5. The second-order valence-corrected chi connectivity index (χ2v) is 9.65. The molecule has 0 bridgehead atoms. The highest BCUT2D eigenvalue weighted by Gasteiger charge is 2.35. The Balaban J connectivity index is 1.37. The van der Waals surface area contributed by atoms with Gasteiger partial charge in [-0.15, -0.1) is 0 Å². The van der Waals surface area contributed by atoms with Crippen LogP contribution in [0.5, 0.6) is 0 Å². The third-order valence-electron chi connectivity index (χ3n) is 6.64. The van der Waals surface area contributed by atoms with E-state index in [0.29, 0.717) is 19.4 Å². The number of nitrogens with zero attached hydrogens (tertiary/aromatic N) is 2. The summed E-state index contributed by atoms with van der Waals surface area (Å²) in [5.41, 5.74) is 3.66. The van der Waals surface area contributed by atoms with Crippen molar-refractivity contribution in [3.63, 3.8) is 0 Å². The molecular formula is C27H35N3O2. The first-order chi connectivity index (χ1) is 15.5. The normalized spacial score (nSPS) is 19.6. The van der Waals surface area contributed by atoms with E-state index in [2.05, 4.69) is 46.6 Å². The lowest BCUT2D eigenvalue weighted by Crippen LogP contribution is -2.55. The molecule has 1 unspecified atom stereocenters. The number of carbonyl (C=O) groups is 2. The molecule has 4 rings (SSSR count). The van der Waals surface area contributed by atoms with Gasteiger partial charge in [-0.1, -0.05) is 68.4 Å². The molecule has 2 heterocycles. The number of likely N-dealkylation sites (tertiary alicyclic amines) is 1. The molecule has 2 aromatic carbocycles. The highest BCUT2D eigenvalue weighted by molar-refractivity contribution is 5.88. The predicted octanol–water partition coefficient (Wildman–Crippen LogP) is 3.77. The van der Waals surface area contributed by atoms with E-state index in [1.54, 1.807) is 0 Å². The van der Waals surface area contributed by atoms with Gasteiger partial charge in [-0.05, 0) is 35.4 Å². The van der Waals surface area contributed by atoms with E-state index in [4.69, 9.17) is 0 Å². The largest absolute Gasteiger partial charge is 0.351 e. The predicted molar refractivity (Wildman–Crippen MR) is 127 cm³/mol. The minimum absolute atomic E-state index is 0.00174. The summed E-state index contributed by atoms with van der Waals surface area (Å²) in [6.07, 6.45) is 2.96. The molecule has 170 valence electrons. The molecule has 5 heteroatoms. The van der Waals surface area contributed by atoms with Gasteiger partial charge in [0.1, 0.15) is 6.04 Å². The molecule has 2 amide bonds. The van der Waals surface area contributed by atoms with Gasteiger partial charge in [-0.2, -0.15) is 0 Å². The molecule has 1 fully saturated rings. The van der Waals surface area contributed by atoms with Crippen LogP contribution in [-0.4, -0.2) is 46.8 Å². The summed E-state index contributed by atoms with van der Waals surface area (Å²) < 4.78 is 0. The lowest BCUT2D eigenvalue weighted by molar-refractivity contribution is -0.142. The van der Waals surface area contributed by atoms with Crippen LogP contribution in [0.3, 0.4) is 0 Å². The fraction of sp³-hybridized carbons (Fsp3) is 0.481. The first kappa shape index (κ1) is 22.5. The van der Waals surface area contributed by atoms with Gasteiger partial charge in [0.2, 0.25) is 11.8 Å². The van der Waals surface area contributed by atoms with Crippen LogP contribution in [0.25, 0.3) is 0 Å². The zero-order chi connectivity index (χ0) is 22.5. The Hall–Kier alpha value is -2.66. The zero-order valence-electron chi connectivity index (χ0n) is 19.3. The summed E-state index contributed by atoms with van der Waals surface area (Å²) in [4.78, 5) is 30.6. The van der Waals surface area contributed by atoms with Crippen LogP contribution in [-0.2, 0) is 29.1 Å². The lowest BCUT2D eigenvalue weighted by atomic mass is 9.92. The van der Waals surface area contributed by atoms with Gasteiger partial charge in [-0.25, -0.2) is 0 Å². The summed E-state index contributed by atoms with van der Waals surface area (Å²) in [6.45, 7) is 7.53. The van der Waals surface area contributed by atoms with Crippen LogP contribution in [0.15, 0.2) is 54.6 Å². The molecule has 2 aliphatic heterocycles. The molecule has 2 aliphatic rings. The van der Waals surface area contributed by atoms with Crippen molar-refractivity contribution < 1.29 is 9.59 Å². The van der Waals surface area contributed by atoms with Crippen LogP contribution in [0.2, 0.25) is 0 Å². The Labute approximate surface area is 191 Å². The number of benzene rings is 2. The van der Waals surface area contributed by atoms with E-state index >= 15 is 0 Å². The molecule has 0 spiro atoms. The lowest BCUT2D eigenvalue weighted by Gasteiger charge is -2.38. The van der Waals surface area contributed by atoms with Gasteiger partial charge in [0.15, 0.2) is 0 Å². The van der Waals surface area contributed by atoms with Gasteiger partial charge in [0.25, 0.3) is 0 Å². The number of hydrogen-bond donors (Lipinski definition) is 1. The molecule has 32 heavy (non-hydrogen) atoms. The van der Waals surface area contributed by atoms with Crippen molar-refractivity contribution in [3.8, 4) is 0 Å². The van der Waals surface area contributed by atoms with Gasteiger partial charge >= 0.3 is 0 Å². The van der Waals surface area contributed by atoms with E-state index in [1.165, 1.54) is 11.1 Å². The maximum absolute atomic E-state index is 13.3. The quantitative estimate of drug-likeness (QED) is 0.755. The molecule has 0 saturated carbocycles. The molecule has 1 saturated heterocycles. The monoisotopic (exact) mass is 433 g/mol. The maximum Gasteiger partial charge on any atom is 0.243 e. The van der Waals surface area contributed by atoms with Crippen molar-refractivity contribution in [2.45, 2.75) is 64.7 Å². The number of rotatable bonds is 6. The summed E-state index contributed by atoms with van der Waals surface area (Å²) in [5, 5.41) is 3.28. The third-order valence-corrected chi connectivity index (χ3v) is 6.64. The van der Waals surface area contributed by atoms with E-state index in [0.717, 1.165) is 38.0 Å². The standard InChI is InChI=1S/C27H35N3O2/c1-20(2)16-26(31)30-19-23-11-7-6-10-22(23)17-25(30)27(32)28-24-12-14-29(15-13-24)18-21-8-4-3-5-9-21/h3-11,20,24-25H,12-19H2,1-2H3,(H,28,32). The van der Waals surface area contributed by atoms with E-state index in [9.17, 15) is 9.59 Å². The smallest absolute Gasteiger partial charge is 0.243 e. The highest BCUT2D eigenvalue weighted by Crippen LogP contribution is 2.25. The minimum atomic E-state index is -0.418. The van der Waals surface area contributed by atoms with Crippen LogP contribution in [0.1, 0.15) is 49.8 Å². The molecule has 1 N–H and O–H groups in total. The summed E-state index contributed by atoms with van der Waals surface area (Å²) in [5.74, 6) is 0.350. The fourth-order valence-corrected chi connectivity index (χ4v) is 4.86. The zero-order valence-corrected chi connectivity index (χ0v) is 19.3. The summed E-state index contributed by atoms with van der Waals surface area (Å²) in [7, 11) is 0. The van der Waals surface area contributed by atoms with Gasteiger partial charge in [0.05, 0.1) is 0 Å². The molecule has 2 aromatic rings. The van der Waals surface area contributed by atoms with E-state index < -0.39 is 6.04 Å². The molecular weight excluding hydrogens is 398 g/mol. The average Bonchev–Trinajstić information content (AvgIpc) is 2.79. The average molecular weight is 434 g/mol. The summed E-state index contributed by atoms with van der Waals surface area (Å²) >= 11 is 0. The number of amides is 2. The Morgan fingerprint density at radius 1 is 0.969 bits per heavy atom. The molecule has 0 aliphatic carbocycles. The second kappa shape index (κ2) is 10.3. The SMILES string of the molecule is CC(C)CC(=O)N1Cc2ccccc2CC1C(=O)NC1CCN(Cc2ccccc2)CC1. The van der Waals surface area contributed by atoms with E-state index in [1.807, 2.05) is 36.9 Å². The number of carbonyl (C=O) groups excluding carboxylic acids is 2. The van der Waals surface area contributed by atoms with Crippen molar-refractivity contribution >= 4 is 11.8 Å². The molecule has 5 nitrogen and oxygen atoms in total. The van der Waals surface area contributed by atoms with Crippen LogP contribution >= 0.6 is 0 Å². The van der Waals surface area contributed by atoms with Crippen molar-refractivity contribution in [3.05, 3.63) is 71.3 Å². The van der Waals surface area contributed by atoms with Crippen LogP contribution in [0, 0.1) is 5.92 Å². The van der Waals surface area contributed by atoms with Gasteiger partial charge in [0, 0.05) is 45.1 Å². The Morgan fingerprint density at radius 3 is 2.31 bits per heavy atom. The second-order valence-electron chi connectivity index (χ2n) is 9.65. The van der Waals surface area contributed by atoms with Gasteiger partial charge < -0.3 is 10.2 Å². The van der Waals surface area contributed by atoms with Crippen molar-refractivity contribution in [2.24, 2.45) is 5.92 Å². The van der Waals surface area contributed by atoms with E-state index in [-0.39, 0.29) is 23.8 Å². The highest BCUT2D eigenvalue weighted by atomic mass is 16.2. The first-order valence-corrected chi connectivity index (χ1v) is 11.9. The first-order valence-electron chi connectivity index (χ1n) is 11.9. The molecule has 0 radical (unpaired) electrons. The Bertz CT molecular complexity index is 920.